The monoisotopic (exact) mass is 588 g/mol. The van der Waals surface area contributed by atoms with Crippen LogP contribution in [0.25, 0.3) is 17.3 Å². The predicted molar refractivity (Wildman–Crippen MR) is 162 cm³/mol. The van der Waals surface area contributed by atoms with Gasteiger partial charge >= 0.3 is 0 Å². The molecule has 11 heteroatoms. The molecule has 0 saturated carbocycles. The first-order valence-electron chi connectivity index (χ1n) is 14.0. The highest BCUT2D eigenvalue weighted by atomic mass is 19.1. The summed E-state index contributed by atoms with van der Waals surface area (Å²) in [6, 6.07) is 13.7. The van der Waals surface area contributed by atoms with E-state index in [1.54, 1.807) is 43.1 Å². The Morgan fingerprint density at radius 1 is 1.09 bits per heavy atom. The molecule has 0 amide bonds. The maximum Gasteiger partial charge on any atom is 0.233 e. The Kier molecular flexibility index (Phi) is 10.3. The summed E-state index contributed by atoms with van der Waals surface area (Å²) in [6.45, 7) is 5.77. The van der Waals surface area contributed by atoms with Gasteiger partial charge in [-0.15, -0.1) is 0 Å². The molecular formula is C32H37FN6O4. The van der Waals surface area contributed by atoms with Crippen LogP contribution in [0.5, 0.6) is 5.75 Å². The second kappa shape index (κ2) is 14.1. The van der Waals surface area contributed by atoms with E-state index in [0.717, 1.165) is 11.3 Å². The quantitative estimate of drug-likeness (QED) is 0.222. The van der Waals surface area contributed by atoms with E-state index in [1.165, 1.54) is 25.4 Å². The number of rotatable bonds is 13. The van der Waals surface area contributed by atoms with Crippen molar-refractivity contribution in [1.82, 2.24) is 24.7 Å². The number of Topliss-reactive ketones (excluding diaryl/α,β-unsaturated/α-hetero) is 1. The highest BCUT2D eigenvalue weighted by molar-refractivity contribution is 5.76. The lowest BCUT2D eigenvalue weighted by Crippen LogP contribution is -2.24. The fourth-order valence-electron chi connectivity index (χ4n) is 4.69. The molecule has 0 saturated heterocycles. The maximum atomic E-state index is 13.9. The van der Waals surface area contributed by atoms with Gasteiger partial charge < -0.3 is 14.9 Å². The molecule has 2 atom stereocenters. The van der Waals surface area contributed by atoms with Gasteiger partial charge in [0.05, 0.1) is 37.3 Å². The van der Waals surface area contributed by atoms with Crippen LogP contribution in [0.3, 0.4) is 0 Å². The summed E-state index contributed by atoms with van der Waals surface area (Å²) < 4.78 is 20.9. The van der Waals surface area contributed by atoms with Gasteiger partial charge in [0.25, 0.3) is 0 Å². The molecule has 0 spiro atoms. The standard InChI is InChI=1S/C32H37FN6O4/c1-20(2)29-28(15-12-25(41)17-26(42)16-21(3)40)30(23-8-10-24(33)11-9-23)37-31(36-29)39(32-34-19-35-38(32)4)18-22-6-13-27(43-5)14-7-22/h6-15,19-20,25-26,41-42H,16-18H2,1-5H3/b15-12+/t25-,26+/m1/s1. The molecule has 2 aromatic carbocycles. The molecule has 2 heterocycles. The normalized spacial score (nSPS) is 13.0. The minimum Gasteiger partial charge on any atom is -0.497 e. The molecule has 0 unspecified atom stereocenters. The van der Waals surface area contributed by atoms with E-state index < -0.39 is 12.2 Å². The minimum absolute atomic E-state index is 0.000286. The van der Waals surface area contributed by atoms with Crippen LogP contribution in [0.4, 0.5) is 16.3 Å². The molecule has 4 aromatic rings. The van der Waals surface area contributed by atoms with Gasteiger partial charge in [-0.3, -0.25) is 9.69 Å². The number of anilines is 2. The molecule has 226 valence electrons. The number of carbonyl (C=O) groups excluding carboxylic acids is 1. The van der Waals surface area contributed by atoms with Crippen LogP contribution >= 0.6 is 0 Å². The number of ketones is 1. The summed E-state index contributed by atoms with van der Waals surface area (Å²) >= 11 is 0. The van der Waals surface area contributed by atoms with E-state index in [0.29, 0.717) is 41.0 Å². The number of carbonyl (C=O) groups is 1. The molecule has 4 rings (SSSR count). The van der Waals surface area contributed by atoms with Crippen molar-refractivity contribution in [2.45, 2.75) is 58.3 Å². The molecule has 0 aliphatic carbocycles. The lowest BCUT2D eigenvalue weighted by Gasteiger charge is -2.24. The Morgan fingerprint density at radius 3 is 2.37 bits per heavy atom. The SMILES string of the molecule is COc1ccc(CN(c2nc(-c3ccc(F)cc3)c(/C=C/[C@@H](O)C[C@@H](O)CC(C)=O)c(C(C)C)n2)c2ncnn2C)cc1. The Morgan fingerprint density at radius 2 is 1.79 bits per heavy atom. The van der Waals surface area contributed by atoms with Gasteiger partial charge in [-0.2, -0.15) is 10.1 Å². The van der Waals surface area contributed by atoms with Crippen molar-refractivity contribution in [2.75, 3.05) is 12.0 Å². The zero-order valence-corrected chi connectivity index (χ0v) is 25.0. The molecule has 0 aliphatic heterocycles. The fourth-order valence-corrected chi connectivity index (χ4v) is 4.69. The molecule has 10 nitrogen and oxygen atoms in total. The largest absolute Gasteiger partial charge is 0.497 e. The number of aliphatic hydroxyl groups excluding tert-OH is 2. The first-order chi connectivity index (χ1) is 20.5. The number of hydrogen-bond acceptors (Lipinski definition) is 9. The number of methoxy groups -OCH3 is 1. The van der Waals surface area contributed by atoms with Crippen LogP contribution in [-0.4, -0.2) is 60.0 Å². The Hall–Kier alpha value is -4.48. The number of aliphatic hydroxyl groups is 2. The maximum absolute atomic E-state index is 13.9. The average Bonchev–Trinajstić information content (AvgIpc) is 3.40. The number of ether oxygens (including phenoxy) is 1. The summed E-state index contributed by atoms with van der Waals surface area (Å²) in [6.07, 6.45) is 2.72. The summed E-state index contributed by atoms with van der Waals surface area (Å²) in [5.41, 5.74) is 3.48. The van der Waals surface area contributed by atoms with Crippen molar-refractivity contribution in [3.8, 4) is 17.0 Å². The van der Waals surface area contributed by atoms with Crippen LogP contribution in [0.15, 0.2) is 60.9 Å². The topological polar surface area (TPSA) is 126 Å². The molecule has 2 aromatic heterocycles. The average molecular weight is 589 g/mol. The molecule has 0 aliphatic rings. The third-order valence-electron chi connectivity index (χ3n) is 6.82. The number of benzene rings is 2. The highest BCUT2D eigenvalue weighted by Gasteiger charge is 2.24. The lowest BCUT2D eigenvalue weighted by molar-refractivity contribution is -0.119. The zero-order valence-electron chi connectivity index (χ0n) is 25.0. The fraction of sp³-hybridized carbons (Fsp3) is 0.344. The summed E-state index contributed by atoms with van der Waals surface area (Å²) in [4.78, 5) is 27.7. The van der Waals surface area contributed by atoms with Crippen LogP contribution < -0.4 is 9.64 Å². The van der Waals surface area contributed by atoms with E-state index in [1.807, 2.05) is 43.0 Å². The molecule has 0 fully saturated rings. The summed E-state index contributed by atoms with van der Waals surface area (Å²) in [7, 11) is 3.40. The van der Waals surface area contributed by atoms with Gasteiger partial charge in [-0.25, -0.2) is 19.0 Å². The van der Waals surface area contributed by atoms with Crippen LogP contribution in [0.2, 0.25) is 0 Å². The van der Waals surface area contributed by atoms with E-state index in [2.05, 4.69) is 10.1 Å². The summed E-state index contributed by atoms with van der Waals surface area (Å²) in [5.74, 6) is 1.02. The van der Waals surface area contributed by atoms with Crippen molar-refractivity contribution in [2.24, 2.45) is 7.05 Å². The van der Waals surface area contributed by atoms with Crippen molar-refractivity contribution >= 4 is 23.8 Å². The Bertz CT molecular complexity index is 1550. The molecule has 0 radical (unpaired) electrons. The number of hydrogen-bond donors (Lipinski definition) is 2. The highest BCUT2D eigenvalue weighted by Crippen LogP contribution is 2.34. The molecule has 2 N–H and O–H groups in total. The van der Waals surface area contributed by atoms with E-state index >= 15 is 0 Å². The van der Waals surface area contributed by atoms with Crippen LogP contribution in [-0.2, 0) is 18.4 Å². The van der Waals surface area contributed by atoms with Gasteiger partial charge in [0, 0.05) is 31.0 Å². The van der Waals surface area contributed by atoms with Gasteiger partial charge in [-0.05, 0) is 54.8 Å². The Balaban J connectivity index is 1.85. The number of aromatic nitrogens is 5. The number of nitrogens with zero attached hydrogens (tertiary/aromatic N) is 6. The van der Waals surface area contributed by atoms with Crippen molar-refractivity contribution in [3.63, 3.8) is 0 Å². The minimum atomic E-state index is -1.01. The lowest BCUT2D eigenvalue weighted by atomic mass is 9.97. The van der Waals surface area contributed by atoms with Crippen LogP contribution in [0.1, 0.15) is 56.4 Å². The van der Waals surface area contributed by atoms with Crippen molar-refractivity contribution in [1.29, 1.82) is 0 Å². The third kappa shape index (κ3) is 8.08. The predicted octanol–water partition coefficient (Wildman–Crippen LogP) is 4.99. The molecule has 43 heavy (non-hydrogen) atoms. The van der Waals surface area contributed by atoms with Gasteiger partial charge in [0.15, 0.2) is 0 Å². The first-order valence-corrected chi connectivity index (χ1v) is 14.0. The van der Waals surface area contributed by atoms with E-state index in [4.69, 9.17) is 14.7 Å². The number of aryl methyl sites for hydroxylation is 1. The first kappa shape index (κ1) is 31.5. The Labute approximate surface area is 250 Å². The van der Waals surface area contributed by atoms with E-state index in [-0.39, 0.29) is 30.4 Å². The third-order valence-corrected chi connectivity index (χ3v) is 6.82. The smallest absolute Gasteiger partial charge is 0.233 e. The number of halogens is 1. The van der Waals surface area contributed by atoms with Crippen LogP contribution in [0, 0.1) is 5.82 Å². The molecular weight excluding hydrogens is 551 g/mol. The molecule has 0 bridgehead atoms. The van der Waals surface area contributed by atoms with Gasteiger partial charge in [0.1, 0.15) is 23.7 Å². The van der Waals surface area contributed by atoms with E-state index in [9.17, 15) is 19.4 Å². The zero-order chi connectivity index (χ0) is 31.1. The summed E-state index contributed by atoms with van der Waals surface area (Å²) in [5, 5.41) is 25.0. The van der Waals surface area contributed by atoms with Crippen molar-refractivity contribution < 1.29 is 24.1 Å². The second-order valence-corrected chi connectivity index (χ2v) is 10.7. The van der Waals surface area contributed by atoms with Gasteiger partial charge in [-0.1, -0.05) is 38.1 Å². The van der Waals surface area contributed by atoms with Crippen molar-refractivity contribution in [3.05, 3.63) is 83.6 Å². The second-order valence-electron chi connectivity index (χ2n) is 10.7. The van der Waals surface area contributed by atoms with Gasteiger partial charge in [0.2, 0.25) is 11.9 Å².